The van der Waals surface area contributed by atoms with E-state index in [2.05, 4.69) is 28.7 Å². The first-order valence-electron chi connectivity index (χ1n) is 12.4. The molecule has 164 valence electrons. The molecule has 0 spiro atoms. The van der Waals surface area contributed by atoms with E-state index in [1.807, 2.05) is 6.92 Å². The number of fused-ring (bicyclic) bond motifs is 3. The molecule has 3 nitrogen and oxygen atoms in total. The molecule has 0 aromatic heterocycles. The zero-order valence-corrected chi connectivity index (χ0v) is 19.5. The minimum atomic E-state index is -0.400. The largest absolute Gasteiger partial charge is 0.396 e. The van der Waals surface area contributed by atoms with E-state index < -0.39 is 5.60 Å². The van der Waals surface area contributed by atoms with Crippen LogP contribution >= 0.6 is 0 Å². The molecule has 7 atom stereocenters. The Balaban J connectivity index is 1.79. The van der Waals surface area contributed by atoms with Crippen molar-refractivity contribution >= 4 is 15.7 Å². The third-order valence-electron chi connectivity index (χ3n) is 9.11. The van der Waals surface area contributed by atoms with Crippen molar-refractivity contribution in [1.29, 1.82) is 0 Å². The number of ether oxygens (including phenoxy) is 1. The molecule has 3 aliphatic rings. The minimum absolute atomic E-state index is 0.0933. The molecule has 2 fully saturated rings. The highest BCUT2D eigenvalue weighted by molar-refractivity contribution is 6.21. The third-order valence-corrected chi connectivity index (χ3v) is 9.11. The lowest BCUT2D eigenvalue weighted by atomic mass is 9.57. The SMILES string of the molecule is BC1=CCC2C3CCC(B)CC3C(CCCO)(CCCOC(C)(CC)CO)[C@@H]2C1. The first-order valence-corrected chi connectivity index (χ1v) is 12.4. The Hall–Kier alpha value is -0.250. The quantitative estimate of drug-likeness (QED) is 0.436. The molecule has 0 saturated heterocycles. The number of aliphatic hydroxyl groups excluding tert-OH is 2. The molecule has 0 heterocycles. The van der Waals surface area contributed by atoms with Gasteiger partial charge in [0.25, 0.3) is 0 Å². The van der Waals surface area contributed by atoms with Crippen molar-refractivity contribution in [2.45, 2.75) is 89.5 Å². The summed E-state index contributed by atoms with van der Waals surface area (Å²) in [6.07, 6.45) is 14.5. The molecule has 3 rings (SSSR count). The number of hydrogen-bond acceptors (Lipinski definition) is 3. The van der Waals surface area contributed by atoms with Gasteiger partial charge in [-0.05, 0) is 81.0 Å². The maximum absolute atomic E-state index is 9.72. The average Bonchev–Trinajstić information content (AvgIpc) is 2.98. The van der Waals surface area contributed by atoms with Crippen LogP contribution < -0.4 is 0 Å². The van der Waals surface area contributed by atoms with E-state index in [0.717, 1.165) is 55.4 Å². The highest BCUT2D eigenvalue weighted by Crippen LogP contribution is 2.67. The van der Waals surface area contributed by atoms with Crippen LogP contribution in [0.15, 0.2) is 11.5 Å². The monoisotopic (exact) mass is 402 g/mol. The predicted octanol–water partition coefficient (Wildman–Crippen LogP) is 3.10. The number of rotatable bonds is 10. The van der Waals surface area contributed by atoms with E-state index in [-0.39, 0.29) is 6.61 Å². The molecule has 29 heavy (non-hydrogen) atoms. The van der Waals surface area contributed by atoms with Gasteiger partial charge in [0.2, 0.25) is 0 Å². The highest BCUT2D eigenvalue weighted by Gasteiger charge is 2.59. The summed E-state index contributed by atoms with van der Waals surface area (Å²) in [6.45, 7) is 5.26. The molecular formula is C24H44B2O3. The Morgan fingerprint density at radius 2 is 1.93 bits per heavy atom. The molecule has 3 aliphatic carbocycles. The topological polar surface area (TPSA) is 49.7 Å². The standard InChI is InChI=1S/C24H44B2O3/c1-3-23(2,16-28)29-13-5-11-24(10-4-12-27)21-14-17(25)6-8-19(21)20-9-7-18(26)15-22(20)24/h6,18-22,27-28H,3-5,7-16,25-26H2,1-2H3/t18?,19?,20?,21-,22?,23?,24?/m1/s1. The molecule has 6 unspecified atom stereocenters. The zero-order valence-electron chi connectivity index (χ0n) is 19.5. The second-order valence-electron chi connectivity index (χ2n) is 10.9. The summed E-state index contributed by atoms with van der Waals surface area (Å²) in [5.41, 5.74) is 1.55. The van der Waals surface area contributed by atoms with Crippen LogP contribution in [-0.2, 0) is 4.74 Å². The first kappa shape index (κ1) is 23.4. The lowest BCUT2D eigenvalue weighted by molar-refractivity contribution is -0.0747. The van der Waals surface area contributed by atoms with Gasteiger partial charge in [0.05, 0.1) is 12.2 Å². The Labute approximate surface area is 180 Å². The van der Waals surface area contributed by atoms with Gasteiger partial charge in [0.15, 0.2) is 0 Å². The van der Waals surface area contributed by atoms with Gasteiger partial charge in [-0.2, -0.15) is 0 Å². The molecule has 0 bridgehead atoms. The van der Waals surface area contributed by atoms with E-state index >= 15 is 0 Å². The molecule has 0 radical (unpaired) electrons. The Morgan fingerprint density at radius 3 is 2.62 bits per heavy atom. The molecule has 0 amide bonds. The summed E-state index contributed by atoms with van der Waals surface area (Å²) in [4.78, 5) is 0. The molecule has 2 saturated carbocycles. The number of allylic oxidation sites excluding steroid dienone is 2. The van der Waals surface area contributed by atoms with Gasteiger partial charge in [-0.3, -0.25) is 0 Å². The highest BCUT2D eigenvalue weighted by atomic mass is 16.5. The van der Waals surface area contributed by atoms with Gasteiger partial charge in [-0.25, -0.2) is 0 Å². The smallest absolute Gasteiger partial charge is 0.133 e. The van der Waals surface area contributed by atoms with Crippen molar-refractivity contribution < 1.29 is 14.9 Å². The van der Waals surface area contributed by atoms with Crippen LogP contribution in [0.4, 0.5) is 0 Å². The summed E-state index contributed by atoms with van der Waals surface area (Å²) in [6, 6.07) is 0. The van der Waals surface area contributed by atoms with Crippen LogP contribution in [0.5, 0.6) is 0 Å². The van der Waals surface area contributed by atoms with Crippen molar-refractivity contribution in [2.75, 3.05) is 19.8 Å². The fourth-order valence-corrected chi connectivity index (χ4v) is 7.29. The Morgan fingerprint density at radius 1 is 1.17 bits per heavy atom. The molecule has 5 heteroatoms. The first-order chi connectivity index (χ1) is 13.9. The van der Waals surface area contributed by atoms with E-state index in [0.29, 0.717) is 12.0 Å². The Kier molecular flexibility index (Phi) is 8.01. The maximum Gasteiger partial charge on any atom is 0.133 e. The van der Waals surface area contributed by atoms with Gasteiger partial charge < -0.3 is 14.9 Å². The van der Waals surface area contributed by atoms with E-state index in [1.54, 1.807) is 5.47 Å². The van der Waals surface area contributed by atoms with Gasteiger partial charge in [-0.1, -0.05) is 38.1 Å². The van der Waals surface area contributed by atoms with Crippen molar-refractivity contribution in [3.8, 4) is 0 Å². The van der Waals surface area contributed by atoms with Gasteiger partial charge in [-0.15, -0.1) is 5.47 Å². The van der Waals surface area contributed by atoms with Crippen LogP contribution in [-0.4, -0.2) is 51.3 Å². The fraction of sp³-hybridized carbons (Fsp3) is 0.917. The molecular weight excluding hydrogens is 358 g/mol. The lowest BCUT2D eigenvalue weighted by Gasteiger charge is -2.45. The van der Waals surface area contributed by atoms with Gasteiger partial charge >= 0.3 is 0 Å². The maximum atomic E-state index is 9.72. The van der Waals surface area contributed by atoms with E-state index in [4.69, 9.17) is 4.74 Å². The summed E-state index contributed by atoms with van der Waals surface area (Å²) < 4.78 is 6.14. The normalized spacial score (nSPS) is 38.8. The van der Waals surface area contributed by atoms with Crippen molar-refractivity contribution in [2.24, 2.45) is 29.1 Å². The van der Waals surface area contributed by atoms with Crippen LogP contribution in [0.3, 0.4) is 0 Å². The van der Waals surface area contributed by atoms with Crippen LogP contribution in [0.2, 0.25) is 5.82 Å². The molecule has 0 aliphatic heterocycles. The average molecular weight is 402 g/mol. The number of hydrogen-bond donors (Lipinski definition) is 2. The van der Waals surface area contributed by atoms with Crippen molar-refractivity contribution in [3.05, 3.63) is 11.5 Å². The van der Waals surface area contributed by atoms with Crippen LogP contribution in [0, 0.1) is 29.1 Å². The van der Waals surface area contributed by atoms with Crippen molar-refractivity contribution in [3.63, 3.8) is 0 Å². The second kappa shape index (κ2) is 9.92. The number of aliphatic hydroxyl groups is 2. The van der Waals surface area contributed by atoms with Crippen molar-refractivity contribution in [1.82, 2.24) is 0 Å². The van der Waals surface area contributed by atoms with Crippen LogP contribution in [0.25, 0.3) is 0 Å². The molecule has 0 aromatic carbocycles. The summed E-state index contributed by atoms with van der Waals surface area (Å²) in [7, 11) is 4.78. The van der Waals surface area contributed by atoms with E-state index in [9.17, 15) is 10.2 Å². The van der Waals surface area contributed by atoms with E-state index in [1.165, 1.54) is 44.9 Å². The Bertz CT molecular complexity index is 562. The van der Waals surface area contributed by atoms with Crippen LogP contribution in [0.1, 0.15) is 78.1 Å². The molecule has 0 aromatic rings. The minimum Gasteiger partial charge on any atom is -0.396 e. The summed E-state index contributed by atoms with van der Waals surface area (Å²) in [5, 5.41) is 19.4. The third kappa shape index (κ3) is 4.83. The predicted molar refractivity (Wildman–Crippen MR) is 126 cm³/mol. The summed E-state index contributed by atoms with van der Waals surface area (Å²) in [5.74, 6) is 4.19. The lowest BCUT2D eigenvalue weighted by Crippen LogP contribution is -2.38. The summed E-state index contributed by atoms with van der Waals surface area (Å²) >= 11 is 0. The zero-order chi connectivity index (χ0) is 21.1. The van der Waals surface area contributed by atoms with Gasteiger partial charge in [0.1, 0.15) is 15.7 Å². The molecule has 2 N–H and O–H groups in total. The fourth-order valence-electron chi connectivity index (χ4n) is 7.29. The second-order valence-corrected chi connectivity index (χ2v) is 10.9. The van der Waals surface area contributed by atoms with Gasteiger partial charge in [0, 0.05) is 13.2 Å².